The van der Waals surface area contributed by atoms with Crippen molar-refractivity contribution >= 4 is 17.5 Å². The van der Waals surface area contributed by atoms with Crippen molar-refractivity contribution in [3.05, 3.63) is 28.4 Å². The van der Waals surface area contributed by atoms with Crippen molar-refractivity contribution in [3.8, 4) is 0 Å². The highest BCUT2D eigenvalue weighted by molar-refractivity contribution is 5.76. The molecule has 1 atom stereocenters. The molecule has 114 valence electrons. The van der Waals surface area contributed by atoms with E-state index < -0.39 is 16.3 Å². The van der Waals surface area contributed by atoms with E-state index in [0.717, 1.165) is 19.4 Å². The maximum absolute atomic E-state index is 11.7. The van der Waals surface area contributed by atoms with Crippen LogP contribution in [0.25, 0.3) is 0 Å². The molecule has 1 fully saturated rings. The lowest BCUT2D eigenvalue weighted by atomic mass is 9.76. The lowest BCUT2D eigenvalue weighted by molar-refractivity contribution is -0.385. The van der Waals surface area contributed by atoms with Gasteiger partial charge in [-0.3, -0.25) is 14.9 Å². The van der Waals surface area contributed by atoms with Crippen LogP contribution in [0.2, 0.25) is 0 Å². The maximum atomic E-state index is 11.7. The number of piperidine rings is 1. The van der Waals surface area contributed by atoms with Crippen LogP contribution in [0, 0.1) is 15.5 Å². The van der Waals surface area contributed by atoms with Gasteiger partial charge >= 0.3 is 5.97 Å². The lowest BCUT2D eigenvalue weighted by Crippen LogP contribution is -2.48. The van der Waals surface area contributed by atoms with Gasteiger partial charge in [-0.05, 0) is 25.3 Å². The number of hydrogen-bond donors (Lipinski definition) is 1. The fourth-order valence-corrected chi connectivity index (χ4v) is 2.96. The number of nitro groups is 1. The Kier molecular flexibility index (Phi) is 4.40. The quantitative estimate of drug-likeness (QED) is 0.661. The van der Waals surface area contributed by atoms with Crippen molar-refractivity contribution in [2.45, 2.75) is 32.6 Å². The monoisotopic (exact) mass is 293 g/mol. The zero-order valence-electron chi connectivity index (χ0n) is 12.0. The Morgan fingerprint density at radius 3 is 2.86 bits per heavy atom. The van der Waals surface area contributed by atoms with Gasteiger partial charge in [0.2, 0.25) is 0 Å². The molecule has 21 heavy (non-hydrogen) atoms. The van der Waals surface area contributed by atoms with Gasteiger partial charge in [0.15, 0.2) is 0 Å². The first-order chi connectivity index (χ1) is 9.98. The van der Waals surface area contributed by atoms with Crippen molar-refractivity contribution < 1.29 is 14.8 Å². The van der Waals surface area contributed by atoms with Gasteiger partial charge in [-0.15, -0.1) is 0 Å². The molecule has 1 unspecified atom stereocenters. The van der Waals surface area contributed by atoms with E-state index in [1.165, 1.54) is 12.3 Å². The summed E-state index contributed by atoms with van der Waals surface area (Å²) >= 11 is 0. The van der Waals surface area contributed by atoms with Crippen LogP contribution in [-0.2, 0) is 4.79 Å². The second-order valence-corrected chi connectivity index (χ2v) is 5.49. The summed E-state index contributed by atoms with van der Waals surface area (Å²) in [5, 5.41) is 20.2. The minimum Gasteiger partial charge on any atom is -0.481 e. The van der Waals surface area contributed by atoms with Gasteiger partial charge in [-0.1, -0.05) is 13.3 Å². The summed E-state index contributed by atoms with van der Waals surface area (Å²) in [6, 6.07) is 2.99. The lowest BCUT2D eigenvalue weighted by Gasteiger charge is -2.40. The largest absolute Gasteiger partial charge is 0.481 e. The molecule has 0 saturated carbocycles. The average Bonchev–Trinajstić information content (AvgIpc) is 2.48. The average molecular weight is 293 g/mol. The molecular weight excluding hydrogens is 274 g/mol. The SMILES string of the molecule is CCCC1(C(=O)O)CCCN(c2ccc([N+](=O)[O-])cn2)C1. The number of aliphatic carboxylic acids is 1. The highest BCUT2D eigenvalue weighted by Crippen LogP contribution is 2.36. The van der Waals surface area contributed by atoms with Gasteiger partial charge in [-0.25, -0.2) is 4.98 Å². The Morgan fingerprint density at radius 2 is 2.33 bits per heavy atom. The van der Waals surface area contributed by atoms with E-state index in [9.17, 15) is 20.0 Å². The van der Waals surface area contributed by atoms with Crippen molar-refractivity contribution in [1.29, 1.82) is 0 Å². The van der Waals surface area contributed by atoms with E-state index in [0.29, 0.717) is 25.2 Å². The smallest absolute Gasteiger partial charge is 0.311 e. The first kappa shape index (κ1) is 15.2. The van der Waals surface area contributed by atoms with Crippen molar-refractivity contribution in [3.63, 3.8) is 0 Å². The Bertz CT molecular complexity index is 528. The van der Waals surface area contributed by atoms with Crippen molar-refractivity contribution in [1.82, 2.24) is 4.98 Å². The van der Waals surface area contributed by atoms with Crippen LogP contribution in [0.1, 0.15) is 32.6 Å². The Hall–Kier alpha value is -2.18. The third-order valence-corrected chi connectivity index (χ3v) is 4.03. The second kappa shape index (κ2) is 6.07. The molecule has 7 nitrogen and oxygen atoms in total. The number of carboxylic acid groups (broad SMARTS) is 1. The van der Waals surface area contributed by atoms with Crippen molar-refractivity contribution in [2.24, 2.45) is 5.41 Å². The fourth-order valence-electron chi connectivity index (χ4n) is 2.96. The normalized spacial score (nSPS) is 22.0. The van der Waals surface area contributed by atoms with Gasteiger partial charge < -0.3 is 10.0 Å². The molecule has 1 aliphatic heterocycles. The molecule has 1 saturated heterocycles. The van der Waals surface area contributed by atoms with Crippen LogP contribution >= 0.6 is 0 Å². The summed E-state index contributed by atoms with van der Waals surface area (Å²) in [6.45, 7) is 3.11. The third kappa shape index (κ3) is 3.12. The number of rotatable bonds is 5. The molecule has 2 rings (SSSR count). The fraction of sp³-hybridized carbons (Fsp3) is 0.571. The number of anilines is 1. The van der Waals surface area contributed by atoms with E-state index in [4.69, 9.17) is 0 Å². The number of pyridine rings is 1. The van der Waals surface area contributed by atoms with Crippen LogP contribution < -0.4 is 4.90 Å². The molecule has 1 aromatic rings. The number of nitrogens with zero attached hydrogens (tertiary/aromatic N) is 3. The van der Waals surface area contributed by atoms with Crippen molar-refractivity contribution in [2.75, 3.05) is 18.0 Å². The van der Waals surface area contributed by atoms with Gasteiger partial charge in [0.1, 0.15) is 12.0 Å². The number of carbonyl (C=O) groups is 1. The molecule has 2 heterocycles. The Balaban J connectivity index is 2.20. The topological polar surface area (TPSA) is 96.6 Å². The number of aromatic nitrogens is 1. The van der Waals surface area contributed by atoms with E-state index >= 15 is 0 Å². The second-order valence-electron chi connectivity index (χ2n) is 5.49. The summed E-state index contributed by atoms with van der Waals surface area (Å²) in [4.78, 5) is 27.8. The molecule has 1 aliphatic rings. The van der Waals surface area contributed by atoms with Gasteiger partial charge in [-0.2, -0.15) is 0 Å². The summed E-state index contributed by atoms with van der Waals surface area (Å²) in [5.74, 6) is -0.169. The molecular formula is C14H19N3O4. The molecule has 0 aromatic carbocycles. The molecule has 7 heteroatoms. The molecule has 0 aliphatic carbocycles. The van der Waals surface area contributed by atoms with E-state index in [2.05, 4.69) is 4.98 Å². The highest BCUT2D eigenvalue weighted by atomic mass is 16.6. The first-order valence-corrected chi connectivity index (χ1v) is 7.07. The molecule has 0 radical (unpaired) electrons. The van der Waals surface area contributed by atoms with E-state index in [1.54, 1.807) is 6.07 Å². The molecule has 0 amide bonds. The zero-order valence-corrected chi connectivity index (χ0v) is 12.0. The van der Waals surface area contributed by atoms with Crippen LogP contribution in [0.5, 0.6) is 0 Å². The van der Waals surface area contributed by atoms with Crippen LogP contribution in [0.3, 0.4) is 0 Å². The minimum atomic E-state index is -0.768. The number of hydrogen-bond acceptors (Lipinski definition) is 5. The molecule has 0 bridgehead atoms. The van der Waals surface area contributed by atoms with Gasteiger partial charge in [0.25, 0.3) is 5.69 Å². The maximum Gasteiger partial charge on any atom is 0.311 e. The Labute approximate surface area is 122 Å². The molecule has 1 aromatic heterocycles. The van der Waals surface area contributed by atoms with E-state index in [1.807, 2.05) is 11.8 Å². The first-order valence-electron chi connectivity index (χ1n) is 7.07. The minimum absolute atomic E-state index is 0.0613. The predicted octanol–water partition coefficient (Wildman–Crippen LogP) is 2.46. The molecule has 0 spiro atoms. The molecule has 1 N–H and O–H groups in total. The van der Waals surface area contributed by atoms with Crippen LogP contribution in [0.4, 0.5) is 11.5 Å². The van der Waals surface area contributed by atoms with Gasteiger partial charge in [0.05, 0.1) is 10.3 Å². The summed E-state index contributed by atoms with van der Waals surface area (Å²) < 4.78 is 0. The van der Waals surface area contributed by atoms with Gasteiger partial charge in [0, 0.05) is 19.2 Å². The highest BCUT2D eigenvalue weighted by Gasteiger charge is 2.41. The third-order valence-electron chi connectivity index (χ3n) is 4.03. The summed E-state index contributed by atoms with van der Waals surface area (Å²) in [5.41, 5.74) is -0.801. The summed E-state index contributed by atoms with van der Waals surface area (Å²) in [6.07, 6.45) is 4.11. The number of carboxylic acids is 1. The van der Waals surface area contributed by atoms with Crippen LogP contribution in [-0.4, -0.2) is 34.1 Å². The zero-order chi connectivity index (χ0) is 15.5. The Morgan fingerprint density at radius 1 is 1.57 bits per heavy atom. The predicted molar refractivity (Wildman–Crippen MR) is 77.3 cm³/mol. The summed E-state index contributed by atoms with van der Waals surface area (Å²) in [7, 11) is 0. The van der Waals surface area contributed by atoms with Crippen LogP contribution in [0.15, 0.2) is 18.3 Å². The standard InChI is InChI=1S/C14H19N3O4/c1-2-6-14(13(18)19)7-3-8-16(10-14)12-5-4-11(9-15-12)17(20)21/h4-5,9H,2-3,6-8,10H2,1H3,(H,18,19). The van der Waals surface area contributed by atoms with E-state index in [-0.39, 0.29) is 5.69 Å².